The van der Waals surface area contributed by atoms with Crippen molar-refractivity contribution in [3.8, 4) is 0 Å². The second kappa shape index (κ2) is 11.4. The maximum Gasteiger partial charge on any atom is 0.157 e. The highest BCUT2D eigenvalue weighted by molar-refractivity contribution is 6.72. The Labute approximate surface area is 179 Å². The van der Waals surface area contributed by atoms with Gasteiger partial charge in [0.25, 0.3) is 0 Å². The van der Waals surface area contributed by atoms with E-state index < -0.39 is 0 Å². The second-order valence-electron chi connectivity index (χ2n) is 6.92. The van der Waals surface area contributed by atoms with Crippen LogP contribution in [0.3, 0.4) is 0 Å². The third kappa shape index (κ3) is 5.64. The zero-order valence-electron chi connectivity index (χ0n) is 18.0. The van der Waals surface area contributed by atoms with Crippen molar-refractivity contribution in [1.29, 1.82) is 0 Å². The maximum atomic E-state index is 5.38. The molecular formula is C23H32N6O. The van der Waals surface area contributed by atoms with Crippen LogP contribution in [0.15, 0.2) is 58.1 Å². The highest BCUT2D eigenvalue weighted by Gasteiger charge is 2.26. The molecule has 0 amide bonds. The Morgan fingerprint density at radius 1 is 1.23 bits per heavy atom. The minimum Gasteiger partial charge on any atom is -0.383 e. The van der Waals surface area contributed by atoms with E-state index in [4.69, 9.17) is 14.7 Å². The molecule has 2 aliphatic rings. The molecule has 30 heavy (non-hydrogen) atoms. The average Bonchev–Trinajstić information content (AvgIpc) is 2.79. The number of hydrogen-bond donors (Lipinski definition) is 2. The number of ether oxygens (including phenoxy) is 1. The minimum atomic E-state index is 0.687. The molecule has 0 aromatic heterocycles. The molecular weight excluding hydrogens is 376 g/mol. The lowest BCUT2D eigenvalue weighted by atomic mass is 10.0. The predicted octanol–water partition coefficient (Wildman–Crippen LogP) is 2.84. The second-order valence-corrected chi connectivity index (χ2v) is 6.92. The van der Waals surface area contributed by atoms with Crippen molar-refractivity contribution >= 4 is 28.6 Å². The van der Waals surface area contributed by atoms with E-state index in [-0.39, 0.29) is 0 Å². The fourth-order valence-electron chi connectivity index (χ4n) is 3.43. The Bertz CT molecular complexity index is 832. The molecule has 2 N–H and O–H groups in total. The Balaban J connectivity index is 1.87. The van der Waals surface area contributed by atoms with Crippen LogP contribution in [0, 0.1) is 0 Å². The molecule has 0 unspecified atom stereocenters. The quantitative estimate of drug-likeness (QED) is 0.649. The van der Waals surface area contributed by atoms with Crippen LogP contribution in [-0.4, -0.2) is 74.6 Å². The van der Waals surface area contributed by atoms with Crippen molar-refractivity contribution < 1.29 is 4.74 Å². The minimum absolute atomic E-state index is 0.687. The van der Waals surface area contributed by atoms with E-state index in [2.05, 4.69) is 51.4 Å². The van der Waals surface area contributed by atoms with E-state index >= 15 is 0 Å². The topological polar surface area (TPSA) is 73.6 Å². The molecule has 0 saturated carbocycles. The summed E-state index contributed by atoms with van der Waals surface area (Å²) in [7, 11) is 0. The van der Waals surface area contributed by atoms with E-state index in [1.165, 1.54) is 0 Å². The third-order valence-electron chi connectivity index (χ3n) is 4.88. The van der Waals surface area contributed by atoms with E-state index in [1.807, 2.05) is 19.9 Å². The Kier molecular flexibility index (Phi) is 8.35. The standard InChI is InChI=1S/C23H32N6O/c1-4-25-21-17-20(18-7-9-19(10-8-18)27-13-16-30-6-3)28-23(22(21)26-5-2)29-14-11-24-12-15-29/h5,7-10,17,24,27H,2,4,6,11-16H2,1,3H3/b25-21-,26-22+. The lowest BCUT2D eigenvalue weighted by Gasteiger charge is -2.32. The van der Waals surface area contributed by atoms with Crippen LogP contribution in [0.5, 0.6) is 0 Å². The van der Waals surface area contributed by atoms with Crippen molar-refractivity contribution in [3.63, 3.8) is 0 Å². The van der Waals surface area contributed by atoms with Crippen LogP contribution in [0.2, 0.25) is 0 Å². The van der Waals surface area contributed by atoms with Gasteiger partial charge in [-0.3, -0.25) is 9.98 Å². The van der Waals surface area contributed by atoms with Gasteiger partial charge in [-0.15, -0.1) is 0 Å². The maximum absolute atomic E-state index is 5.38. The van der Waals surface area contributed by atoms with Gasteiger partial charge in [-0.05, 0) is 32.1 Å². The number of amidine groups is 1. The van der Waals surface area contributed by atoms with Gasteiger partial charge in [-0.25, -0.2) is 4.99 Å². The van der Waals surface area contributed by atoms with E-state index in [9.17, 15) is 0 Å². The molecule has 2 aliphatic heterocycles. The summed E-state index contributed by atoms with van der Waals surface area (Å²) in [6.45, 7) is 14.4. The number of aliphatic imine (C=N–C) groups is 3. The van der Waals surface area contributed by atoms with Crippen LogP contribution < -0.4 is 10.6 Å². The van der Waals surface area contributed by atoms with Gasteiger partial charge in [0.2, 0.25) is 0 Å². The van der Waals surface area contributed by atoms with Crippen molar-refractivity contribution in [1.82, 2.24) is 10.2 Å². The first-order valence-corrected chi connectivity index (χ1v) is 10.7. The highest BCUT2D eigenvalue weighted by Crippen LogP contribution is 2.23. The first kappa shape index (κ1) is 21.9. The van der Waals surface area contributed by atoms with E-state index in [0.29, 0.717) is 13.2 Å². The molecule has 1 aromatic rings. The van der Waals surface area contributed by atoms with Gasteiger partial charge >= 0.3 is 0 Å². The molecule has 2 heterocycles. The summed E-state index contributed by atoms with van der Waals surface area (Å²) in [5.41, 5.74) is 4.68. The van der Waals surface area contributed by atoms with Crippen molar-refractivity contribution in [2.45, 2.75) is 13.8 Å². The molecule has 1 fully saturated rings. The van der Waals surface area contributed by atoms with Crippen LogP contribution in [0.25, 0.3) is 5.70 Å². The number of rotatable bonds is 8. The third-order valence-corrected chi connectivity index (χ3v) is 4.88. The number of piperazine rings is 1. The number of nitrogens with one attached hydrogen (secondary N) is 2. The van der Waals surface area contributed by atoms with Gasteiger partial charge in [-0.2, -0.15) is 0 Å². The number of benzene rings is 1. The summed E-state index contributed by atoms with van der Waals surface area (Å²) < 4.78 is 5.38. The van der Waals surface area contributed by atoms with Crippen molar-refractivity contribution in [2.24, 2.45) is 15.0 Å². The van der Waals surface area contributed by atoms with Gasteiger partial charge in [0.15, 0.2) is 5.84 Å². The summed E-state index contributed by atoms with van der Waals surface area (Å²) >= 11 is 0. The Hall–Kier alpha value is -2.77. The number of hydrogen-bond acceptors (Lipinski definition) is 7. The average molecular weight is 409 g/mol. The first-order valence-electron chi connectivity index (χ1n) is 10.7. The molecule has 0 aliphatic carbocycles. The molecule has 0 bridgehead atoms. The molecule has 160 valence electrons. The fraction of sp³-hybridized carbons (Fsp3) is 0.435. The van der Waals surface area contributed by atoms with Gasteiger partial charge in [-0.1, -0.05) is 18.7 Å². The van der Waals surface area contributed by atoms with E-state index in [0.717, 1.165) is 73.5 Å². The Morgan fingerprint density at radius 3 is 2.67 bits per heavy atom. The zero-order chi connectivity index (χ0) is 21.2. The number of allylic oxidation sites excluding steroid dienone is 1. The first-order chi connectivity index (χ1) is 14.8. The van der Waals surface area contributed by atoms with Crippen molar-refractivity contribution in [3.05, 3.63) is 48.7 Å². The molecule has 0 atom stereocenters. The summed E-state index contributed by atoms with van der Waals surface area (Å²) in [5, 5.41) is 6.77. The van der Waals surface area contributed by atoms with Crippen LogP contribution >= 0.6 is 0 Å². The van der Waals surface area contributed by atoms with Gasteiger partial charge < -0.3 is 20.3 Å². The summed E-state index contributed by atoms with van der Waals surface area (Å²) in [6, 6.07) is 8.33. The summed E-state index contributed by atoms with van der Waals surface area (Å²) in [6.07, 6.45) is 3.59. The normalized spacial score (nSPS) is 19.6. The molecule has 3 rings (SSSR count). The molecule has 1 aromatic carbocycles. The van der Waals surface area contributed by atoms with Crippen molar-refractivity contribution in [2.75, 3.05) is 57.8 Å². The van der Waals surface area contributed by atoms with E-state index in [1.54, 1.807) is 6.20 Å². The summed E-state index contributed by atoms with van der Waals surface area (Å²) in [5.74, 6) is 0.875. The highest BCUT2D eigenvalue weighted by atomic mass is 16.5. The largest absolute Gasteiger partial charge is 0.383 e. The number of anilines is 1. The summed E-state index contributed by atoms with van der Waals surface area (Å²) in [4.78, 5) is 16.5. The lowest BCUT2D eigenvalue weighted by molar-refractivity contribution is 0.158. The van der Waals surface area contributed by atoms with Crippen LogP contribution in [0.1, 0.15) is 19.4 Å². The van der Waals surface area contributed by atoms with Crippen LogP contribution in [-0.2, 0) is 4.74 Å². The fourth-order valence-corrected chi connectivity index (χ4v) is 3.43. The number of nitrogens with zero attached hydrogens (tertiary/aromatic N) is 4. The molecule has 0 radical (unpaired) electrons. The molecule has 7 nitrogen and oxygen atoms in total. The molecule has 7 heteroatoms. The lowest BCUT2D eigenvalue weighted by Crippen LogP contribution is -2.50. The van der Waals surface area contributed by atoms with Gasteiger partial charge in [0.1, 0.15) is 5.71 Å². The zero-order valence-corrected chi connectivity index (χ0v) is 18.0. The molecule has 1 saturated heterocycles. The smallest absolute Gasteiger partial charge is 0.157 e. The predicted molar refractivity (Wildman–Crippen MR) is 127 cm³/mol. The molecule has 0 spiro atoms. The van der Waals surface area contributed by atoms with Gasteiger partial charge in [0.05, 0.1) is 18.0 Å². The monoisotopic (exact) mass is 408 g/mol. The Morgan fingerprint density at radius 2 is 2.00 bits per heavy atom. The van der Waals surface area contributed by atoms with Gasteiger partial charge in [0, 0.05) is 63.3 Å². The SMILES string of the molecule is C=C/N=C1/C(N2CCNCC2)=NC(c2ccc(NCCOCC)cc2)=C/C1=N/CC. The van der Waals surface area contributed by atoms with Crippen LogP contribution in [0.4, 0.5) is 5.69 Å².